The molecule has 0 saturated carbocycles. The van der Waals surface area contributed by atoms with Crippen molar-refractivity contribution in [3.05, 3.63) is 24.3 Å². The Morgan fingerprint density at radius 1 is 1.42 bits per heavy atom. The van der Waals surface area contributed by atoms with Crippen LogP contribution >= 0.6 is 22.9 Å². The van der Waals surface area contributed by atoms with Gasteiger partial charge in [-0.05, 0) is 18.9 Å². The maximum atomic E-state index is 4.25. The summed E-state index contributed by atoms with van der Waals surface area (Å²) in [6.45, 7) is 1.16. The first-order valence-electron chi connectivity index (χ1n) is 4.07. The first-order valence-corrected chi connectivity index (χ1v) is 5.04. The van der Waals surface area contributed by atoms with E-state index >= 15 is 0 Å². The first kappa shape index (κ1) is 8.37. The predicted octanol–water partition coefficient (Wildman–Crippen LogP) is 1.96. The maximum Gasteiger partial charge on any atom is 0.146 e. The Morgan fingerprint density at radius 2 is 2.17 bits per heavy atom. The summed E-state index contributed by atoms with van der Waals surface area (Å²) in [4.78, 5) is 8.51. The minimum atomic E-state index is 0.437. The van der Waals surface area contributed by atoms with Gasteiger partial charge in [0.1, 0.15) is 5.82 Å². The van der Waals surface area contributed by atoms with E-state index < -0.39 is 0 Å². The topological polar surface area (TPSA) is 29.0 Å². The lowest BCUT2D eigenvalue weighted by Gasteiger charge is -2.14. The van der Waals surface area contributed by atoms with E-state index in [-0.39, 0.29) is 0 Å². The van der Waals surface area contributed by atoms with Crippen molar-refractivity contribution in [2.45, 2.75) is 18.9 Å². The van der Waals surface area contributed by atoms with Crippen molar-refractivity contribution in [2.75, 3.05) is 6.54 Å². The van der Waals surface area contributed by atoms with Crippen molar-refractivity contribution < 1.29 is 0 Å². The zero-order chi connectivity index (χ0) is 8.39. The van der Waals surface area contributed by atoms with Crippen LogP contribution in [-0.4, -0.2) is 19.6 Å². The van der Waals surface area contributed by atoms with Crippen LogP contribution in [0.15, 0.2) is 18.5 Å². The molecule has 2 heterocycles. The third kappa shape index (κ3) is 1.59. The predicted molar refractivity (Wildman–Crippen MR) is 54.7 cm³/mol. The van der Waals surface area contributed by atoms with Gasteiger partial charge in [0.25, 0.3) is 0 Å². The average Bonchev–Trinajstić information content (AvgIpc) is 2.53. The molecule has 0 aliphatic carbocycles. The lowest BCUT2D eigenvalue weighted by atomic mass is 10.2. The molecule has 4 heteroatoms. The van der Waals surface area contributed by atoms with E-state index in [4.69, 9.17) is 0 Å². The normalized spacial score (nSPS) is 24.6. The van der Waals surface area contributed by atoms with E-state index in [9.17, 15) is 0 Å². The van der Waals surface area contributed by atoms with Gasteiger partial charge in [0.15, 0.2) is 0 Å². The Labute approximate surface area is 85.7 Å². The van der Waals surface area contributed by atoms with Crippen LogP contribution in [0.3, 0.4) is 0 Å². The number of nitrogens with zero attached hydrogens (tertiary/aromatic N) is 3. The van der Waals surface area contributed by atoms with Crippen molar-refractivity contribution >= 4 is 22.9 Å². The van der Waals surface area contributed by atoms with Gasteiger partial charge in [0.05, 0.1) is 6.04 Å². The summed E-state index contributed by atoms with van der Waals surface area (Å²) in [6.07, 6.45) is 6.06. The van der Waals surface area contributed by atoms with Crippen LogP contribution in [0.5, 0.6) is 0 Å². The van der Waals surface area contributed by atoms with Crippen LogP contribution in [0.2, 0.25) is 0 Å². The van der Waals surface area contributed by atoms with Crippen LogP contribution in [0.25, 0.3) is 0 Å². The minimum absolute atomic E-state index is 0.437. The average molecular weight is 275 g/mol. The Hall–Kier alpha value is -0.230. The standard InChI is InChI=1S/C8H10IN3/c9-12-6-1-3-7(12)8-10-4-2-5-11-8/h2,4-5,7H,1,3,6H2/t7-/m1/s1. The quantitative estimate of drug-likeness (QED) is 0.579. The van der Waals surface area contributed by atoms with Crippen molar-refractivity contribution in [1.82, 2.24) is 13.1 Å². The minimum Gasteiger partial charge on any atom is -0.240 e. The highest BCUT2D eigenvalue weighted by molar-refractivity contribution is 14.1. The van der Waals surface area contributed by atoms with Gasteiger partial charge in [-0.1, -0.05) is 0 Å². The van der Waals surface area contributed by atoms with Crippen molar-refractivity contribution in [2.24, 2.45) is 0 Å². The molecule has 0 unspecified atom stereocenters. The van der Waals surface area contributed by atoms with Crippen LogP contribution in [0.4, 0.5) is 0 Å². The highest BCUT2D eigenvalue weighted by Gasteiger charge is 2.25. The Bertz CT molecular complexity index is 252. The van der Waals surface area contributed by atoms with Gasteiger partial charge in [0.2, 0.25) is 0 Å². The lowest BCUT2D eigenvalue weighted by Crippen LogP contribution is -2.13. The molecule has 12 heavy (non-hydrogen) atoms. The van der Waals surface area contributed by atoms with E-state index in [0.717, 1.165) is 12.4 Å². The summed E-state index contributed by atoms with van der Waals surface area (Å²) < 4.78 is 2.28. The lowest BCUT2D eigenvalue weighted by molar-refractivity contribution is 0.465. The highest BCUT2D eigenvalue weighted by Crippen LogP contribution is 2.31. The van der Waals surface area contributed by atoms with Crippen LogP contribution in [-0.2, 0) is 0 Å². The molecule has 0 aromatic carbocycles. The Morgan fingerprint density at radius 3 is 2.75 bits per heavy atom. The Balaban J connectivity index is 2.19. The van der Waals surface area contributed by atoms with Crippen molar-refractivity contribution in [3.8, 4) is 0 Å². The second kappa shape index (κ2) is 3.66. The second-order valence-corrected chi connectivity index (χ2v) is 4.13. The summed E-state index contributed by atoms with van der Waals surface area (Å²) >= 11 is 2.35. The smallest absolute Gasteiger partial charge is 0.146 e. The van der Waals surface area contributed by atoms with Gasteiger partial charge >= 0.3 is 0 Å². The molecular formula is C8H10IN3. The monoisotopic (exact) mass is 275 g/mol. The molecule has 64 valence electrons. The molecule has 1 atom stereocenters. The maximum absolute atomic E-state index is 4.25. The summed E-state index contributed by atoms with van der Waals surface area (Å²) in [5.41, 5.74) is 0. The van der Waals surface area contributed by atoms with Crippen LogP contribution < -0.4 is 0 Å². The first-order chi connectivity index (χ1) is 5.88. The number of hydrogen-bond donors (Lipinski definition) is 0. The van der Waals surface area contributed by atoms with E-state index in [1.807, 2.05) is 18.5 Å². The van der Waals surface area contributed by atoms with Gasteiger partial charge in [-0.15, -0.1) is 0 Å². The summed E-state index contributed by atoms with van der Waals surface area (Å²) in [7, 11) is 0. The zero-order valence-corrected chi connectivity index (χ0v) is 8.81. The molecule has 2 rings (SSSR count). The van der Waals surface area contributed by atoms with Crippen molar-refractivity contribution in [1.29, 1.82) is 0 Å². The van der Waals surface area contributed by atoms with Crippen molar-refractivity contribution in [3.63, 3.8) is 0 Å². The SMILES string of the molecule is IN1CCC[C@@H]1c1ncccn1. The van der Waals surface area contributed by atoms with Gasteiger partial charge in [0, 0.05) is 41.8 Å². The second-order valence-electron chi connectivity index (χ2n) is 2.89. The van der Waals surface area contributed by atoms with Crippen LogP contribution in [0, 0.1) is 0 Å². The molecule has 1 aromatic rings. The van der Waals surface area contributed by atoms with E-state index in [1.54, 1.807) is 0 Å². The largest absolute Gasteiger partial charge is 0.240 e. The Kier molecular flexibility index (Phi) is 2.55. The molecule has 3 nitrogen and oxygen atoms in total. The number of halogens is 1. The molecule has 0 N–H and O–H groups in total. The zero-order valence-electron chi connectivity index (χ0n) is 6.65. The molecule has 1 aliphatic rings. The van der Waals surface area contributed by atoms with E-state index in [2.05, 4.69) is 35.9 Å². The van der Waals surface area contributed by atoms with Gasteiger partial charge < -0.3 is 0 Å². The fraction of sp³-hybridized carbons (Fsp3) is 0.500. The molecule has 0 radical (unpaired) electrons. The molecule has 1 saturated heterocycles. The van der Waals surface area contributed by atoms with Gasteiger partial charge in [-0.3, -0.25) is 0 Å². The highest BCUT2D eigenvalue weighted by atomic mass is 127. The third-order valence-electron chi connectivity index (χ3n) is 2.07. The number of hydrogen-bond acceptors (Lipinski definition) is 3. The molecule has 0 spiro atoms. The van der Waals surface area contributed by atoms with E-state index in [0.29, 0.717) is 6.04 Å². The molecular weight excluding hydrogens is 265 g/mol. The molecule has 1 aromatic heterocycles. The fourth-order valence-electron chi connectivity index (χ4n) is 1.47. The van der Waals surface area contributed by atoms with Gasteiger partial charge in [-0.25, -0.2) is 13.1 Å². The molecule has 1 fully saturated rings. The van der Waals surface area contributed by atoms with Crippen LogP contribution in [0.1, 0.15) is 24.7 Å². The summed E-state index contributed by atoms with van der Waals surface area (Å²) in [5.74, 6) is 0.962. The van der Waals surface area contributed by atoms with E-state index in [1.165, 1.54) is 12.8 Å². The summed E-state index contributed by atoms with van der Waals surface area (Å²) in [6, 6.07) is 2.29. The molecule has 1 aliphatic heterocycles. The number of aromatic nitrogens is 2. The fourth-order valence-corrected chi connectivity index (χ4v) is 2.34. The third-order valence-corrected chi connectivity index (χ3v) is 3.23. The van der Waals surface area contributed by atoms with Gasteiger partial charge in [-0.2, -0.15) is 0 Å². The summed E-state index contributed by atoms with van der Waals surface area (Å²) in [5, 5.41) is 0. The molecule has 0 bridgehead atoms. The molecule has 0 amide bonds. The number of rotatable bonds is 1.